The van der Waals surface area contributed by atoms with Gasteiger partial charge in [-0.1, -0.05) is 43.5 Å². The van der Waals surface area contributed by atoms with Gasteiger partial charge in [0.2, 0.25) is 5.89 Å². The minimum Gasteiger partial charge on any atom is -0.440 e. The third-order valence-electron chi connectivity index (χ3n) is 3.02. The lowest BCUT2D eigenvalue weighted by molar-refractivity contribution is 0.557. The summed E-state index contributed by atoms with van der Waals surface area (Å²) in [6.45, 7) is 0. The zero-order chi connectivity index (χ0) is 17.1. The molecule has 0 N–H and O–H groups in total. The van der Waals surface area contributed by atoms with Crippen LogP contribution in [0.3, 0.4) is 0 Å². The molecule has 0 aliphatic rings. The number of oxazole rings is 1. The van der Waals surface area contributed by atoms with E-state index < -0.39 is 0 Å². The molecule has 0 saturated carbocycles. The highest BCUT2D eigenvalue weighted by Gasteiger charge is 2.04. The van der Waals surface area contributed by atoms with Crippen molar-refractivity contribution in [1.29, 1.82) is 0 Å². The maximum atomic E-state index is 12.7. The van der Waals surface area contributed by atoms with E-state index in [1.807, 2.05) is 6.07 Å². The first kappa shape index (κ1) is 17.8. The predicted molar refractivity (Wildman–Crippen MR) is 104 cm³/mol. The Morgan fingerprint density at radius 2 is 1.88 bits per heavy atom. The number of halogens is 4. The van der Waals surface area contributed by atoms with Crippen LogP contribution in [0.4, 0.5) is 4.39 Å². The molecule has 0 unspecified atom stereocenters. The lowest BCUT2D eigenvalue weighted by atomic mass is 10.3. The highest BCUT2D eigenvalue weighted by Crippen LogP contribution is 2.24. The summed E-state index contributed by atoms with van der Waals surface area (Å²) in [5.74, 6) is 0.446. The van der Waals surface area contributed by atoms with Gasteiger partial charge >= 0.3 is 0 Å². The van der Waals surface area contributed by atoms with Crippen LogP contribution in [0, 0.1) is 5.82 Å². The molecule has 3 nitrogen and oxygen atoms in total. The van der Waals surface area contributed by atoms with Crippen molar-refractivity contribution in [3.05, 3.63) is 58.1 Å². The maximum absolute atomic E-state index is 12.7. The van der Waals surface area contributed by atoms with E-state index in [-0.39, 0.29) is 5.82 Å². The number of thiazole rings is 1. The van der Waals surface area contributed by atoms with Gasteiger partial charge in [-0.3, -0.25) is 0 Å². The zero-order valence-corrected chi connectivity index (χ0v) is 16.8. The van der Waals surface area contributed by atoms with Crippen LogP contribution in [-0.4, -0.2) is 9.97 Å². The quantitative estimate of drug-likeness (QED) is 0.292. The molecule has 24 heavy (non-hydrogen) atoms. The molecule has 0 aliphatic heterocycles. The monoisotopic (exact) mass is 490 g/mol. The van der Waals surface area contributed by atoms with Gasteiger partial charge in [0.25, 0.3) is 0 Å². The molecule has 0 spiro atoms. The van der Waals surface area contributed by atoms with Gasteiger partial charge in [-0.15, -0.1) is 11.3 Å². The predicted octanol–water partition coefficient (Wildman–Crippen LogP) is 6.71. The zero-order valence-electron chi connectivity index (χ0n) is 12.1. The first-order valence-electron chi connectivity index (χ1n) is 6.81. The molecule has 0 aliphatic carbocycles. The second-order valence-corrected chi connectivity index (χ2v) is 7.38. The third kappa shape index (κ3) is 4.14. The molecule has 2 heterocycles. The van der Waals surface area contributed by atoms with E-state index in [2.05, 4.69) is 41.8 Å². The Hall–Kier alpha value is -1.02. The van der Waals surface area contributed by atoms with Crippen LogP contribution in [0.15, 0.2) is 40.8 Å². The molecule has 8 heteroatoms. The van der Waals surface area contributed by atoms with Crippen LogP contribution in [0.1, 0.15) is 10.9 Å². The Morgan fingerprint density at radius 3 is 2.62 bits per heavy atom. The minimum atomic E-state index is -0.228. The third-order valence-corrected chi connectivity index (χ3v) is 5.67. The standard InChI is InChI=1S/C8H5BrClNO.C8H5BrFNS/c2*9-4-8-11-6-3-5(10)1-2-7(6)12-8/h2*1-3H,4H2. The van der Waals surface area contributed by atoms with Gasteiger partial charge in [0.05, 0.1) is 20.9 Å². The Morgan fingerprint density at radius 1 is 1.04 bits per heavy atom. The summed E-state index contributed by atoms with van der Waals surface area (Å²) in [5, 5.41) is 3.01. The molecule has 0 bridgehead atoms. The summed E-state index contributed by atoms with van der Waals surface area (Å²) >= 11 is 13.9. The molecule has 2 aromatic heterocycles. The summed E-state index contributed by atoms with van der Waals surface area (Å²) in [4.78, 5) is 8.42. The minimum absolute atomic E-state index is 0.228. The van der Waals surface area contributed by atoms with Crippen molar-refractivity contribution in [2.45, 2.75) is 10.7 Å². The van der Waals surface area contributed by atoms with Crippen LogP contribution < -0.4 is 0 Å². The van der Waals surface area contributed by atoms with E-state index in [0.29, 0.717) is 16.2 Å². The van der Waals surface area contributed by atoms with Crippen molar-refractivity contribution < 1.29 is 8.81 Å². The van der Waals surface area contributed by atoms with E-state index in [1.165, 1.54) is 12.1 Å². The fourth-order valence-corrected chi connectivity index (χ4v) is 3.68. The molecule has 0 atom stereocenters. The fourth-order valence-electron chi connectivity index (χ4n) is 2.01. The molecule has 0 saturated heterocycles. The van der Waals surface area contributed by atoms with E-state index in [1.54, 1.807) is 29.5 Å². The van der Waals surface area contributed by atoms with Crippen molar-refractivity contribution in [3.8, 4) is 0 Å². The maximum Gasteiger partial charge on any atom is 0.206 e. The second-order valence-electron chi connectivity index (χ2n) is 4.71. The van der Waals surface area contributed by atoms with Crippen LogP contribution in [0.25, 0.3) is 21.3 Å². The molecule has 0 amide bonds. The summed E-state index contributed by atoms with van der Waals surface area (Å²) < 4.78 is 19.1. The van der Waals surface area contributed by atoms with Crippen LogP contribution in [0.5, 0.6) is 0 Å². The smallest absolute Gasteiger partial charge is 0.206 e. The van der Waals surface area contributed by atoms with Gasteiger partial charge in [-0.2, -0.15) is 0 Å². The van der Waals surface area contributed by atoms with Crippen molar-refractivity contribution in [3.63, 3.8) is 0 Å². The average molecular weight is 493 g/mol. The number of benzene rings is 2. The number of nitrogens with zero attached hydrogens (tertiary/aromatic N) is 2. The molecule has 2 aromatic carbocycles. The lowest BCUT2D eigenvalue weighted by Crippen LogP contribution is -1.74. The van der Waals surface area contributed by atoms with E-state index in [4.69, 9.17) is 16.0 Å². The summed E-state index contributed by atoms with van der Waals surface area (Å²) in [5.41, 5.74) is 2.32. The van der Waals surface area contributed by atoms with Gasteiger partial charge in [0.1, 0.15) is 16.3 Å². The first-order chi connectivity index (χ1) is 11.6. The summed E-state index contributed by atoms with van der Waals surface area (Å²) in [7, 11) is 0. The Labute approximate surface area is 163 Å². The highest BCUT2D eigenvalue weighted by molar-refractivity contribution is 9.08. The number of rotatable bonds is 2. The fraction of sp³-hybridized carbons (Fsp3) is 0.125. The second kappa shape index (κ2) is 7.91. The highest BCUT2D eigenvalue weighted by atomic mass is 79.9. The largest absolute Gasteiger partial charge is 0.440 e. The first-order valence-corrected chi connectivity index (χ1v) is 10.2. The molecular formula is C16H10Br2ClFN2OS. The lowest BCUT2D eigenvalue weighted by Gasteiger charge is -1.85. The van der Waals surface area contributed by atoms with Crippen molar-refractivity contribution in [2.24, 2.45) is 0 Å². The SMILES string of the molecule is Clc1ccc2oc(CBr)nc2c1.Fc1ccc2sc(CBr)nc2c1. The molecule has 4 aromatic rings. The van der Waals surface area contributed by atoms with Gasteiger partial charge in [-0.05, 0) is 30.3 Å². The molecule has 0 radical (unpaired) electrons. The number of hydrogen-bond donors (Lipinski definition) is 0. The van der Waals surface area contributed by atoms with Crippen LogP contribution >= 0.6 is 54.8 Å². The number of hydrogen-bond acceptors (Lipinski definition) is 4. The Bertz CT molecular complexity index is 909. The van der Waals surface area contributed by atoms with Gasteiger partial charge in [-0.25, -0.2) is 14.4 Å². The normalized spacial score (nSPS) is 10.8. The van der Waals surface area contributed by atoms with Gasteiger partial charge in [0.15, 0.2) is 5.58 Å². The molecule has 124 valence electrons. The molecule has 0 fully saturated rings. The number of aromatic nitrogens is 2. The van der Waals surface area contributed by atoms with E-state index in [0.717, 1.165) is 31.7 Å². The topological polar surface area (TPSA) is 38.9 Å². The van der Waals surface area contributed by atoms with Crippen LogP contribution in [-0.2, 0) is 10.7 Å². The van der Waals surface area contributed by atoms with Crippen molar-refractivity contribution in [2.75, 3.05) is 0 Å². The summed E-state index contributed by atoms with van der Waals surface area (Å²) in [6, 6.07) is 10.1. The van der Waals surface area contributed by atoms with E-state index in [9.17, 15) is 4.39 Å². The molecular weight excluding hydrogens is 483 g/mol. The number of alkyl halides is 2. The van der Waals surface area contributed by atoms with Crippen molar-refractivity contribution >= 4 is 76.1 Å². The number of fused-ring (bicyclic) bond motifs is 2. The average Bonchev–Trinajstić information content (AvgIpc) is 3.17. The van der Waals surface area contributed by atoms with Crippen LogP contribution in [0.2, 0.25) is 5.02 Å². The van der Waals surface area contributed by atoms with Gasteiger partial charge < -0.3 is 4.42 Å². The molecule has 4 rings (SSSR count). The van der Waals surface area contributed by atoms with Gasteiger partial charge in [0, 0.05) is 11.1 Å². The van der Waals surface area contributed by atoms with E-state index >= 15 is 0 Å². The van der Waals surface area contributed by atoms with Crippen molar-refractivity contribution in [1.82, 2.24) is 9.97 Å². The Balaban J connectivity index is 0.000000141. The Kier molecular flexibility index (Phi) is 5.86. The summed E-state index contributed by atoms with van der Waals surface area (Å²) in [6.07, 6.45) is 0.